The van der Waals surface area contributed by atoms with Crippen molar-refractivity contribution in [3.8, 4) is 0 Å². The lowest BCUT2D eigenvalue weighted by Crippen LogP contribution is -2.33. The van der Waals surface area contributed by atoms with Crippen LogP contribution in [0.15, 0.2) is 29.2 Å². The number of benzene rings is 1. The van der Waals surface area contributed by atoms with Crippen LogP contribution in [0.2, 0.25) is 0 Å². The molecule has 2 N–H and O–H groups in total. The largest absolute Gasteiger partial charge is 0.380 e. The molecule has 24 heavy (non-hydrogen) atoms. The first-order valence-corrected chi connectivity index (χ1v) is 9.65. The van der Waals surface area contributed by atoms with Crippen LogP contribution in [-0.2, 0) is 14.8 Å². The summed E-state index contributed by atoms with van der Waals surface area (Å²) < 4.78 is 32.1. The van der Waals surface area contributed by atoms with E-state index in [1.54, 1.807) is 17.0 Å². The number of hydrogen-bond donors (Lipinski definition) is 1. The van der Waals surface area contributed by atoms with Crippen LogP contribution in [0.25, 0.3) is 0 Å². The van der Waals surface area contributed by atoms with Crippen LogP contribution in [0.3, 0.4) is 0 Å². The van der Waals surface area contributed by atoms with Crippen LogP contribution in [0.1, 0.15) is 23.2 Å². The fourth-order valence-corrected chi connectivity index (χ4v) is 4.50. The highest BCUT2D eigenvalue weighted by Crippen LogP contribution is 2.19. The quantitative estimate of drug-likeness (QED) is 0.842. The Labute approximate surface area is 142 Å². The van der Waals surface area contributed by atoms with Gasteiger partial charge in [0.05, 0.1) is 11.5 Å². The van der Waals surface area contributed by atoms with E-state index in [4.69, 9.17) is 10.5 Å². The van der Waals surface area contributed by atoms with E-state index in [-0.39, 0.29) is 16.8 Å². The first kappa shape index (κ1) is 17.3. The number of likely N-dealkylation sites (tertiary alicyclic amines) is 1. The molecule has 2 saturated heterocycles. The van der Waals surface area contributed by atoms with Crippen LogP contribution in [0.5, 0.6) is 0 Å². The molecule has 132 valence electrons. The summed E-state index contributed by atoms with van der Waals surface area (Å²) >= 11 is 0. The molecule has 0 aliphatic carbocycles. The Balaban J connectivity index is 1.74. The minimum atomic E-state index is -3.55. The van der Waals surface area contributed by atoms with Gasteiger partial charge >= 0.3 is 0 Å². The maximum absolute atomic E-state index is 12.7. The number of carbonyl (C=O) groups excluding carboxylic acids is 1. The molecular weight excluding hydrogens is 330 g/mol. The average Bonchev–Trinajstić information content (AvgIpc) is 2.84. The molecule has 2 aliphatic rings. The second-order valence-electron chi connectivity index (χ2n) is 6.19. The predicted molar refractivity (Wildman–Crippen MR) is 89.1 cm³/mol. The lowest BCUT2D eigenvalue weighted by atomic mass is 10.2. The molecule has 8 heteroatoms. The number of amides is 1. The molecule has 7 nitrogen and oxygen atoms in total. The van der Waals surface area contributed by atoms with Gasteiger partial charge in [0.25, 0.3) is 5.91 Å². The average molecular weight is 353 g/mol. The van der Waals surface area contributed by atoms with E-state index in [0.29, 0.717) is 51.4 Å². The van der Waals surface area contributed by atoms with E-state index in [1.807, 2.05) is 0 Å². The monoisotopic (exact) mass is 353 g/mol. The Morgan fingerprint density at radius 2 is 1.88 bits per heavy atom. The number of hydrogen-bond acceptors (Lipinski definition) is 5. The zero-order valence-corrected chi connectivity index (χ0v) is 14.4. The number of carbonyl (C=O) groups is 1. The van der Waals surface area contributed by atoms with Gasteiger partial charge in [-0.1, -0.05) is 0 Å². The molecule has 0 bridgehead atoms. The molecule has 1 aromatic carbocycles. The number of nitrogens with zero attached hydrogens (tertiary/aromatic N) is 2. The van der Waals surface area contributed by atoms with Gasteiger partial charge in [0.2, 0.25) is 10.0 Å². The fourth-order valence-electron chi connectivity index (χ4n) is 3.04. The van der Waals surface area contributed by atoms with Crippen LogP contribution in [-0.4, -0.2) is 69.0 Å². The van der Waals surface area contributed by atoms with Gasteiger partial charge in [-0.05, 0) is 37.1 Å². The Morgan fingerprint density at radius 3 is 2.54 bits per heavy atom. The number of sulfonamides is 1. The van der Waals surface area contributed by atoms with E-state index in [2.05, 4.69) is 0 Å². The maximum atomic E-state index is 12.7. The van der Waals surface area contributed by atoms with Crippen LogP contribution in [0, 0.1) is 0 Å². The van der Waals surface area contributed by atoms with Crippen LogP contribution in [0.4, 0.5) is 0 Å². The van der Waals surface area contributed by atoms with Gasteiger partial charge in [0, 0.05) is 44.4 Å². The van der Waals surface area contributed by atoms with Crippen molar-refractivity contribution in [2.24, 2.45) is 5.73 Å². The Kier molecular flexibility index (Phi) is 5.19. The molecule has 0 radical (unpaired) electrons. The van der Waals surface area contributed by atoms with Crippen molar-refractivity contribution >= 4 is 15.9 Å². The van der Waals surface area contributed by atoms with E-state index >= 15 is 0 Å². The minimum Gasteiger partial charge on any atom is -0.380 e. The minimum absolute atomic E-state index is 0.0267. The SMILES string of the molecule is N[C@@H]1CCN(C(=O)c2ccc(S(=O)(=O)N3CCCOCC3)cc2)C1. The van der Waals surface area contributed by atoms with Crippen LogP contribution >= 0.6 is 0 Å². The van der Waals surface area contributed by atoms with Gasteiger partial charge in [-0.25, -0.2) is 8.42 Å². The fraction of sp³-hybridized carbons (Fsp3) is 0.562. The second kappa shape index (κ2) is 7.18. The van der Waals surface area contributed by atoms with Gasteiger partial charge in [0.15, 0.2) is 0 Å². The van der Waals surface area contributed by atoms with Gasteiger partial charge < -0.3 is 15.4 Å². The van der Waals surface area contributed by atoms with Crippen molar-refractivity contribution in [2.45, 2.75) is 23.8 Å². The molecule has 0 aromatic heterocycles. The molecular formula is C16H23N3O4S. The summed E-state index contributed by atoms with van der Waals surface area (Å²) in [4.78, 5) is 14.3. The van der Waals surface area contributed by atoms with Gasteiger partial charge in [-0.2, -0.15) is 4.31 Å². The summed E-state index contributed by atoms with van der Waals surface area (Å²) in [5.74, 6) is -0.102. The zero-order chi connectivity index (χ0) is 17.2. The molecule has 2 fully saturated rings. The van der Waals surface area contributed by atoms with Crippen molar-refractivity contribution in [1.82, 2.24) is 9.21 Å². The number of nitrogens with two attached hydrogens (primary N) is 1. The summed E-state index contributed by atoms with van der Waals surface area (Å²) in [6.07, 6.45) is 1.49. The summed E-state index contributed by atoms with van der Waals surface area (Å²) in [5, 5.41) is 0. The third-order valence-corrected chi connectivity index (χ3v) is 6.35. The van der Waals surface area contributed by atoms with Crippen molar-refractivity contribution in [3.05, 3.63) is 29.8 Å². The second-order valence-corrected chi connectivity index (χ2v) is 8.13. The highest BCUT2D eigenvalue weighted by molar-refractivity contribution is 7.89. The molecule has 1 amide bonds. The molecule has 0 saturated carbocycles. The van der Waals surface area contributed by atoms with Gasteiger partial charge in [0.1, 0.15) is 0 Å². The third kappa shape index (κ3) is 3.61. The normalized spacial score (nSPS) is 23.2. The molecule has 1 aromatic rings. The summed E-state index contributed by atoms with van der Waals surface area (Å²) in [5.41, 5.74) is 6.32. The Bertz CT molecular complexity index is 682. The summed E-state index contributed by atoms with van der Waals surface area (Å²) in [6, 6.07) is 6.19. The lowest BCUT2D eigenvalue weighted by Gasteiger charge is -2.20. The van der Waals surface area contributed by atoms with Gasteiger partial charge in [-0.15, -0.1) is 0 Å². The maximum Gasteiger partial charge on any atom is 0.253 e. The smallest absolute Gasteiger partial charge is 0.253 e. The van der Waals surface area contributed by atoms with E-state index in [0.717, 1.165) is 6.42 Å². The highest BCUT2D eigenvalue weighted by Gasteiger charge is 2.27. The predicted octanol–water partition coefficient (Wildman–Crippen LogP) is 0.271. The first-order valence-electron chi connectivity index (χ1n) is 8.21. The first-order chi connectivity index (χ1) is 11.5. The molecule has 0 spiro atoms. The zero-order valence-electron chi connectivity index (χ0n) is 13.6. The number of rotatable bonds is 3. The van der Waals surface area contributed by atoms with E-state index in [9.17, 15) is 13.2 Å². The van der Waals surface area contributed by atoms with E-state index in [1.165, 1.54) is 16.4 Å². The van der Waals surface area contributed by atoms with Crippen molar-refractivity contribution in [1.29, 1.82) is 0 Å². The summed E-state index contributed by atoms with van der Waals surface area (Å²) in [7, 11) is -3.55. The lowest BCUT2D eigenvalue weighted by molar-refractivity contribution is 0.0791. The highest BCUT2D eigenvalue weighted by atomic mass is 32.2. The van der Waals surface area contributed by atoms with E-state index < -0.39 is 10.0 Å². The topological polar surface area (TPSA) is 92.9 Å². The molecule has 2 heterocycles. The Hall–Kier alpha value is -1.48. The van der Waals surface area contributed by atoms with Crippen LogP contribution < -0.4 is 5.73 Å². The molecule has 1 atom stereocenters. The Morgan fingerprint density at radius 1 is 1.12 bits per heavy atom. The molecule has 0 unspecified atom stereocenters. The van der Waals surface area contributed by atoms with Crippen molar-refractivity contribution in [2.75, 3.05) is 39.4 Å². The van der Waals surface area contributed by atoms with Crippen molar-refractivity contribution in [3.63, 3.8) is 0 Å². The number of ether oxygens (including phenoxy) is 1. The molecule has 3 rings (SSSR count). The summed E-state index contributed by atoms with van der Waals surface area (Å²) in [6.45, 7) is 2.99. The molecule has 2 aliphatic heterocycles. The third-order valence-electron chi connectivity index (χ3n) is 4.43. The van der Waals surface area contributed by atoms with Gasteiger partial charge in [-0.3, -0.25) is 4.79 Å². The van der Waals surface area contributed by atoms with Crippen molar-refractivity contribution < 1.29 is 17.9 Å². The standard InChI is InChI=1S/C16H23N3O4S/c17-14-6-8-18(12-14)16(20)13-2-4-15(5-3-13)24(21,22)19-7-1-10-23-11-9-19/h2-5,14H,1,6-12,17H2/t14-/m1/s1.